The van der Waals surface area contributed by atoms with E-state index < -0.39 is 30.1 Å². The summed E-state index contributed by atoms with van der Waals surface area (Å²) in [6.45, 7) is 4.39. The second kappa shape index (κ2) is 12.9. The number of ketones is 1. The summed E-state index contributed by atoms with van der Waals surface area (Å²) >= 11 is 0. The minimum absolute atomic E-state index is 0.0402. The lowest BCUT2D eigenvalue weighted by Crippen LogP contribution is -2.32. The van der Waals surface area contributed by atoms with Crippen molar-refractivity contribution < 1.29 is 34.4 Å². The van der Waals surface area contributed by atoms with Crippen molar-refractivity contribution in [2.75, 3.05) is 18.5 Å². The molecule has 36 heavy (non-hydrogen) atoms. The first-order valence-electron chi connectivity index (χ1n) is 11.9. The number of anilines is 1. The minimum atomic E-state index is -1.58. The summed E-state index contributed by atoms with van der Waals surface area (Å²) in [4.78, 5) is 29.3. The van der Waals surface area contributed by atoms with Gasteiger partial charge in [-0.2, -0.15) is 0 Å². The lowest BCUT2D eigenvalue weighted by atomic mass is 9.99. The van der Waals surface area contributed by atoms with Crippen molar-refractivity contribution in [2.45, 2.75) is 45.0 Å². The Morgan fingerprint density at radius 1 is 1.17 bits per heavy atom. The highest BCUT2D eigenvalue weighted by molar-refractivity contribution is 5.97. The standard InChI is InChI=1S/C27H32N2O7/c1-17-10-11-22(31)26(33)21(30)8-5-7-19-15-20(16-23(32)25(19)27(34)36-18(17)2)35-14-6-13-29-24-9-3-4-12-28-24/h3-5,7,9-12,15-18,21,26,30,32-33H,6,8,13-14H2,1-2H3,(H,28,29)/b7-5+,11-10-. The first-order chi connectivity index (χ1) is 17.3. The van der Waals surface area contributed by atoms with Crippen LogP contribution in [0.1, 0.15) is 42.6 Å². The number of aliphatic hydroxyl groups is 2. The predicted octanol–water partition coefficient (Wildman–Crippen LogP) is 3.11. The lowest BCUT2D eigenvalue weighted by Gasteiger charge is -2.20. The highest BCUT2D eigenvalue weighted by Crippen LogP contribution is 2.31. The molecule has 0 spiro atoms. The predicted molar refractivity (Wildman–Crippen MR) is 135 cm³/mol. The smallest absolute Gasteiger partial charge is 0.342 e. The van der Waals surface area contributed by atoms with Gasteiger partial charge in [-0.25, -0.2) is 9.78 Å². The molecule has 3 rings (SSSR count). The average molecular weight is 497 g/mol. The number of hydrogen-bond donors (Lipinski definition) is 4. The molecule has 4 unspecified atom stereocenters. The molecule has 9 heteroatoms. The molecule has 2 aromatic rings. The molecule has 1 aromatic heterocycles. The molecule has 9 nitrogen and oxygen atoms in total. The van der Waals surface area contributed by atoms with Crippen molar-refractivity contribution in [1.82, 2.24) is 4.98 Å². The minimum Gasteiger partial charge on any atom is -0.507 e. The van der Waals surface area contributed by atoms with E-state index >= 15 is 0 Å². The summed E-state index contributed by atoms with van der Waals surface area (Å²) in [6.07, 6.45) is 4.49. The first kappa shape index (κ1) is 26.9. The van der Waals surface area contributed by atoms with E-state index in [0.29, 0.717) is 30.9 Å². The summed E-state index contributed by atoms with van der Waals surface area (Å²) in [5.41, 5.74) is 0.281. The highest BCUT2D eigenvalue weighted by Gasteiger charge is 2.25. The van der Waals surface area contributed by atoms with E-state index in [-0.39, 0.29) is 23.7 Å². The molecule has 192 valence electrons. The van der Waals surface area contributed by atoms with Crippen LogP contribution in [0.3, 0.4) is 0 Å². The van der Waals surface area contributed by atoms with Crippen LogP contribution in [-0.2, 0) is 9.53 Å². The molecule has 0 saturated heterocycles. The van der Waals surface area contributed by atoms with Crippen LogP contribution in [0.15, 0.2) is 54.8 Å². The van der Waals surface area contributed by atoms with Crippen molar-refractivity contribution in [3.63, 3.8) is 0 Å². The number of fused-ring (bicyclic) bond motifs is 1. The molecule has 0 fully saturated rings. The van der Waals surface area contributed by atoms with Crippen LogP contribution in [0.25, 0.3) is 6.08 Å². The Labute approximate surface area is 210 Å². The van der Waals surface area contributed by atoms with E-state index in [4.69, 9.17) is 9.47 Å². The number of pyridine rings is 1. The fraction of sp³-hybridized carbons (Fsp3) is 0.370. The summed E-state index contributed by atoms with van der Waals surface area (Å²) < 4.78 is 11.3. The maximum Gasteiger partial charge on any atom is 0.342 e. The molecule has 0 aliphatic carbocycles. The molecule has 4 N–H and O–H groups in total. The Morgan fingerprint density at radius 3 is 2.72 bits per heavy atom. The number of phenols is 1. The number of cyclic esters (lactones) is 1. The van der Waals surface area contributed by atoms with Gasteiger partial charge in [0.2, 0.25) is 0 Å². The Kier molecular flexibility index (Phi) is 9.61. The Hall–Kier alpha value is -3.69. The zero-order chi connectivity index (χ0) is 26.1. The second-order valence-corrected chi connectivity index (χ2v) is 8.63. The number of esters is 1. The normalized spacial score (nSPS) is 24.7. The zero-order valence-electron chi connectivity index (χ0n) is 20.3. The molecule has 0 radical (unpaired) electrons. The Bertz CT molecular complexity index is 1100. The van der Waals surface area contributed by atoms with Crippen LogP contribution in [0.2, 0.25) is 0 Å². The Morgan fingerprint density at radius 2 is 1.97 bits per heavy atom. The number of benzene rings is 1. The van der Waals surface area contributed by atoms with E-state index in [1.165, 1.54) is 30.4 Å². The van der Waals surface area contributed by atoms with Crippen LogP contribution in [0.4, 0.5) is 5.82 Å². The van der Waals surface area contributed by atoms with Gasteiger partial charge < -0.3 is 30.1 Å². The maximum atomic E-state index is 12.9. The third-order valence-electron chi connectivity index (χ3n) is 5.81. The summed E-state index contributed by atoms with van der Waals surface area (Å²) in [5.74, 6) is -0.906. The van der Waals surface area contributed by atoms with Crippen LogP contribution in [-0.4, -0.2) is 63.5 Å². The van der Waals surface area contributed by atoms with Crippen LogP contribution < -0.4 is 10.1 Å². The van der Waals surface area contributed by atoms with Gasteiger partial charge in [-0.1, -0.05) is 31.2 Å². The quantitative estimate of drug-likeness (QED) is 0.351. The van der Waals surface area contributed by atoms with Crippen LogP contribution in [0, 0.1) is 5.92 Å². The lowest BCUT2D eigenvalue weighted by molar-refractivity contribution is -0.127. The van der Waals surface area contributed by atoms with Crippen molar-refractivity contribution >= 4 is 23.6 Å². The highest BCUT2D eigenvalue weighted by atomic mass is 16.5. The number of carbonyl (C=O) groups is 2. The SMILES string of the molecule is CC1/C=C\C(=O)C(O)C(O)C/C=C/c2cc(OCCCNc3ccccn3)cc(O)c2C(=O)OC1C. The van der Waals surface area contributed by atoms with Crippen molar-refractivity contribution in [3.05, 3.63) is 65.9 Å². The molecule has 0 amide bonds. The summed E-state index contributed by atoms with van der Waals surface area (Å²) in [5, 5.41) is 34.2. The van der Waals surface area contributed by atoms with Gasteiger partial charge in [-0.3, -0.25) is 4.79 Å². The molecule has 0 bridgehead atoms. The van der Waals surface area contributed by atoms with Gasteiger partial charge in [-0.05, 0) is 49.6 Å². The van der Waals surface area contributed by atoms with Crippen LogP contribution in [0.5, 0.6) is 11.5 Å². The zero-order valence-corrected chi connectivity index (χ0v) is 20.3. The molecular formula is C27H32N2O7. The number of ether oxygens (including phenoxy) is 2. The number of nitrogens with zero attached hydrogens (tertiary/aromatic N) is 1. The number of phenolic OH excluding ortho intramolecular Hbond substituents is 1. The van der Waals surface area contributed by atoms with E-state index in [1.807, 2.05) is 18.2 Å². The second-order valence-electron chi connectivity index (χ2n) is 8.63. The molecule has 1 aliphatic rings. The fourth-order valence-corrected chi connectivity index (χ4v) is 3.49. The van der Waals surface area contributed by atoms with Gasteiger partial charge in [0.25, 0.3) is 0 Å². The third-order valence-corrected chi connectivity index (χ3v) is 5.81. The van der Waals surface area contributed by atoms with Gasteiger partial charge in [0, 0.05) is 24.7 Å². The number of aliphatic hydroxyl groups excluding tert-OH is 2. The van der Waals surface area contributed by atoms with E-state index in [9.17, 15) is 24.9 Å². The summed E-state index contributed by atoms with van der Waals surface area (Å²) in [6, 6.07) is 8.53. The van der Waals surface area contributed by atoms with E-state index in [2.05, 4.69) is 10.3 Å². The van der Waals surface area contributed by atoms with E-state index in [0.717, 1.165) is 5.82 Å². The number of rotatable bonds is 6. The first-order valence-corrected chi connectivity index (χ1v) is 11.9. The summed E-state index contributed by atoms with van der Waals surface area (Å²) in [7, 11) is 0. The van der Waals surface area contributed by atoms with Gasteiger partial charge in [0.1, 0.15) is 35.1 Å². The number of aromatic hydroxyl groups is 1. The molecule has 2 heterocycles. The number of carbonyl (C=O) groups excluding carboxylic acids is 2. The number of nitrogens with one attached hydrogen (secondary N) is 1. The number of aromatic nitrogens is 1. The average Bonchev–Trinajstić information content (AvgIpc) is 2.86. The Balaban J connectivity index is 1.77. The number of hydrogen-bond acceptors (Lipinski definition) is 9. The largest absolute Gasteiger partial charge is 0.507 e. The molecule has 1 aliphatic heterocycles. The van der Waals surface area contributed by atoms with Gasteiger partial charge in [-0.15, -0.1) is 0 Å². The molecule has 1 aromatic carbocycles. The van der Waals surface area contributed by atoms with Crippen molar-refractivity contribution in [3.8, 4) is 11.5 Å². The van der Waals surface area contributed by atoms with Gasteiger partial charge >= 0.3 is 5.97 Å². The molecule has 0 saturated carbocycles. The van der Waals surface area contributed by atoms with Gasteiger partial charge in [0.05, 0.1) is 12.7 Å². The maximum absolute atomic E-state index is 12.9. The molecule has 4 atom stereocenters. The third kappa shape index (κ3) is 7.40. The molecular weight excluding hydrogens is 464 g/mol. The fourth-order valence-electron chi connectivity index (χ4n) is 3.49. The van der Waals surface area contributed by atoms with Crippen molar-refractivity contribution in [1.29, 1.82) is 0 Å². The van der Waals surface area contributed by atoms with Crippen molar-refractivity contribution in [2.24, 2.45) is 5.92 Å². The van der Waals surface area contributed by atoms with Gasteiger partial charge in [0.15, 0.2) is 5.78 Å². The monoisotopic (exact) mass is 496 g/mol. The van der Waals surface area contributed by atoms with E-state index in [1.54, 1.807) is 26.1 Å². The topological polar surface area (TPSA) is 138 Å². The van der Waals surface area contributed by atoms with Crippen LogP contribution >= 0.6 is 0 Å².